The summed E-state index contributed by atoms with van der Waals surface area (Å²) >= 11 is 0. The van der Waals surface area contributed by atoms with Gasteiger partial charge in [-0.3, -0.25) is 9.69 Å². The van der Waals surface area contributed by atoms with E-state index in [1.807, 2.05) is 0 Å². The molecule has 0 radical (unpaired) electrons. The predicted molar refractivity (Wildman–Crippen MR) is 77.8 cm³/mol. The highest BCUT2D eigenvalue weighted by molar-refractivity contribution is 5.78. The van der Waals surface area contributed by atoms with Crippen molar-refractivity contribution in [1.29, 1.82) is 0 Å². The SMILES string of the molecule is C[C@@H](NC(=O)CN1CCC(N)CC1)C1CCCCC1. The maximum Gasteiger partial charge on any atom is 0.234 e. The van der Waals surface area contributed by atoms with Crippen molar-refractivity contribution < 1.29 is 4.79 Å². The summed E-state index contributed by atoms with van der Waals surface area (Å²) in [6.45, 7) is 4.64. The van der Waals surface area contributed by atoms with E-state index in [2.05, 4.69) is 17.1 Å². The molecule has 1 aliphatic heterocycles. The summed E-state index contributed by atoms with van der Waals surface area (Å²) in [4.78, 5) is 14.3. The third-order valence-electron chi connectivity index (χ3n) is 4.75. The molecule has 0 bridgehead atoms. The summed E-state index contributed by atoms with van der Waals surface area (Å²) in [5, 5.41) is 3.20. The molecule has 0 spiro atoms. The van der Waals surface area contributed by atoms with Crippen molar-refractivity contribution in [3.63, 3.8) is 0 Å². The quantitative estimate of drug-likeness (QED) is 0.811. The number of rotatable bonds is 4. The zero-order valence-electron chi connectivity index (χ0n) is 12.2. The number of hydrogen-bond acceptors (Lipinski definition) is 3. The molecule has 0 aromatic carbocycles. The van der Waals surface area contributed by atoms with Crippen LogP contribution < -0.4 is 11.1 Å². The first kappa shape index (κ1) is 14.8. The van der Waals surface area contributed by atoms with Gasteiger partial charge in [0.1, 0.15) is 0 Å². The average molecular weight is 267 g/mol. The zero-order chi connectivity index (χ0) is 13.7. The molecule has 0 aromatic heterocycles. The van der Waals surface area contributed by atoms with Crippen LogP contribution in [0, 0.1) is 5.92 Å². The Morgan fingerprint density at radius 1 is 1.21 bits per heavy atom. The second-order valence-electron chi connectivity index (χ2n) is 6.37. The average Bonchev–Trinajstić information content (AvgIpc) is 2.42. The van der Waals surface area contributed by atoms with Gasteiger partial charge in [0, 0.05) is 25.2 Å². The Balaban J connectivity index is 1.68. The largest absolute Gasteiger partial charge is 0.352 e. The number of carbonyl (C=O) groups excluding carboxylic acids is 1. The molecule has 1 heterocycles. The molecular weight excluding hydrogens is 238 g/mol. The minimum atomic E-state index is 0.188. The summed E-state index contributed by atoms with van der Waals surface area (Å²) in [6.07, 6.45) is 8.62. The number of hydrogen-bond donors (Lipinski definition) is 2. The van der Waals surface area contributed by atoms with Gasteiger partial charge in [-0.25, -0.2) is 0 Å². The van der Waals surface area contributed by atoms with Crippen LogP contribution in [-0.2, 0) is 4.79 Å². The topological polar surface area (TPSA) is 58.4 Å². The fourth-order valence-corrected chi connectivity index (χ4v) is 3.37. The standard InChI is InChI=1S/C15H29N3O/c1-12(13-5-3-2-4-6-13)17-15(19)11-18-9-7-14(16)8-10-18/h12-14H,2-11,16H2,1H3,(H,17,19)/t12-/m1/s1. The number of nitrogens with one attached hydrogen (secondary N) is 1. The van der Waals surface area contributed by atoms with Crippen molar-refractivity contribution in [3.05, 3.63) is 0 Å². The molecule has 19 heavy (non-hydrogen) atoms. The van der Waals surface area contributed by atoms with Crippen LogP contribution in [0.3, 0.4) is 0 Å². The summed E-state index contributed by atoms with van der Waals surface area (Å²) in [7, 11) is 0. The van der Waals surface area contributed by atoms with E-state index >= 15 is 0 Å². The second-order valence-corrected chi connectivity index (χ2v) is 6.37. The first-order chi connectivity index (χ1) is 9.15. The van der Waals surface area contributed by atoms with Crippen LogP contribution in [0.4, 0.5) is 0 Å². The molecule has 1 amide bonds. The van der Waals surface area contributed by atoms with E-state index in [9.17, 15) is 4.79 Å². The summed E-state index contributed by atoms with van der Waals surface area (Å²) in [5.41, 5.74) is 5.88. The van der Waals surface area contributed by atoms with E-state index in [1.165, 1.54) is 32.1 Å². The summed E-state index contributed by atoms with van der Waals surface area (Å²) in [6, 6.07) is 0.667. The molecule has 3 N–H and O–H groups in total. The summed E-state index contributed by atoms with van der Waals surface area (Å²) < 4.78 is 0. The Morgan fingerprint density at radius 3 is 2.47 bits per heavy atom. The van der Waals surface area contributed by atoms with Gasteiger partial charge in [-0.2, -0.15) is 0 Å². The molecule has 110 valence electrons. The Kier molecular flexibility index (Phi) is 5.64. The minimum Gasteiger partial charge on any atom is -0.352 e. The minimum absolute atomic E-state index is 0.188. The van der Waals surface area contributed by atoms with Crippen molar-refractivity contribution in [2.45, 2.75) is 64.0 Å². The monoisotopic (exact) mass is 267 g/mol. The van der Waals surface area contributed by atoms with Crippen LogP contribution in [0.1, 0.15) is 51.9 Å². The molecular formula is C15H29N3O. The fourth-order valence-electron chi connectivity index (χ4n) is 3.37. The number of nitrogens with zero attached hydrogens (tertiary/aromatic N) is 1. The van der Waals surface area contributed by atoms with E-state index in [0.29, 0.717) is 24.5 Å². The van der Waals surface area contributed by atoms with E-state index in [-0.39, 0.29) is 5.91 Å². The molecule has 2 aliphatic rings. The molecule has 1 saturated carbocycles. The van der Waals surface area contributed by atoms with Gasteiger partial charge in [-0.05, 0) is 38.5 Å². The Labute approximate surface area is 117 Å². The van der Waals surface area contributed by atoms with Gasteiger partial charge in [-0.1, -0.05) is 19.3 Å². The Hall–Kier alpha value is -0.610. The molecule has 2 rings (SSSR count). The number of piperidine rings is 1. The zero-order valence-corrected chi connectivity index (χ0v) is 12.2. The van der Waals surface area contributed by atoms with E-state index in [0.717, 1.165) is 25.9 Å². The van der Waals surface area contributed by atoms with Crippen molar-refractivity contribution in [3.8, 4) is 0 Å². The normalized spacial score (nSPS) is 25.2. The van der Waals surface area contributed by atoms with Crippen molar-refractivity contribution in [2.24, 2.45) is 11.7 Å². The van der Waals surface area contributed by atoms with Crippen molar-refractivity contribution in [2.75, 3.05) is 19.6 Å². The van der Waals surface area contributed by atoms with Gasteiger partial charge in [0.25, 0.3) is 0 Å². The van der Waals surface area contributed by atoms with Crippen molar-refractivity contribution in [1.82, 2.24) is 10.2 Å². The van der Waals surface area contributed by atoms with E-state index in [1.54, 1.807) is 0 Å². The number of likely N-dealkylation sites (tertiary alicyclic amines) is 1. The number of nitrogens with two attached hydrogens (primary N) is 1. The predicted octanol–water partition coefficient (Wildman–Crippen LogP) is 1.49. The highest BCUT2D eigenvalue weighted by atomic mass is 16.2. The highest BCUT2D eigenvalue weighted by Crippen LogP contribution is 2.26. The maximum absolute atomic E-state index is 12.1. The lowest BCUT2D eigenvalue weighted by Crippen LogP contribution is -2.47. The van der Waals surface area contributed by atoms with E-state index < -0.39 is 0 Å². The first-order valence-corrected chi connectivity index (χ1v) is 7.92. The fraction of sp³-hybridized carbons (Fsp3) is 0.933. The van der Waals surface area contributed by atoms with Gasteiger partial charge < -0.3 is 11.1 Å². The van der Waals surface area contributed by atoms with Crippen LogP contribution in [0.2, 0.25) is 0 Å². The molecule has 1 saturated heterocycles. The lowest BCUT2D eigenvalue weighted by molar-refractivity contribution is -0.123. The number of amides is 1. The summed E-state index contributed by atoms with van der Waals surface area (Å²) in [5.74, 6) is 0.876. The third kappa shape index (κ3) is 4.77. The number of carbonyl (C=O) groups is 1. The first-order valence-electron chi connectivity index (χ1n) is 7.92. The van der Waals surface area contributed by atoms with Gasteiger partial charge >= 0.3 is 0 Å². The lowest BCUT2D eigenvalue weighted by atomic mass is 9.84. The molecule has 0 aromatic rings. The van der Waals surface area contributed by atoms with Crippen LogP contribution in [-0.4, -0.2) is 42.5 Å². The lowest BCUT2D eigenvalue weighted by Gasteiger charge is -2.31. The van der Waals surface area contributed by atoms with Crippen LogP contribution in [0.15, 0.2) is 0 Å². The van der Waals surface area contributed by atoms with Crippen LogP contribution in [0.25, 0.3) is 0 Å². The third-order valence-corrected chi connectivity index (χ3v) is 4.75. The van der Waals surface area contributed by atoms with E-state index in [4.69, 9.17) is 5.73 Å². The molecule has 1 atom stereocenters. The van der Waals surface area contributed by atoms with Gasteiger partial charge in [0.15, 0.2) is 0 Å². The van der Waals surface area contributed by atoms with Crippen LogP contribution in [0.5, 0.6) is 0 Å². The smallest absolute Gasteiger partial charge is 0.234 e. The molecule has 0 unspecified atom stereocenters. The van der Waals surface area contributed by atoms with Crippen LogP contribution >= 0.6 is 0 Å². The molecule has 4 heteroatoms. The maximum atomic E-state index is 12.1. The Bertz CT molecular complexity index is 281. The Morgan fingerprint density at radius 2 is 1.84 bits per heavy atom. The van der Waals surface area contributed by atoms with Gasteiger partial charge in [-0.15, -0.1) is 0 Å². The van der Waals surface area contributed by atoms with Crippen molar-refractivity contribution >= 4 is 5.91 Å². The molecule has 1 aliphatic carbocycles. The molecule has 4 nitrogen and oxygen atoms in total. The van der Waals surface area contributed by atoms with Gasteiger partial charge in [0.2, 0.25) is 5.91 Å². The highest BCUT2D eigenvalue weighted by Gasteiger charge is 2.23. The second kappa shape index (κ2) is 7.25. The van der Waals surface area contributed by atoms with Gasteiger partial charge in [0.05, 0.1) is 6.54 Å². The molecule has 2 fully saturated rings.